The average molecular weight is 383 g/mol. The third-order valence-corrected chi connectivity index (χ3v) is 5.43. The van der Waals surface area contributed by atoms with E-state index in [9.17, 15) is 4.79 Å². The molecule has 28 heavy (non-hydrogen) atoms. The van der Waals surface area contributed by atoms with Gasteiger partial charge in [-0.3, -0.25) is 9.69 Å². The first-order valence-corrected chi connectivity index (χ1v) is 9.81. The number of aryl methyl sites for hydroxylation is 1. The molecule has 1 amide bonds. The molecule has 150 valence electrons. The largest absolute Gasteiger partial charge is 0.493 e. The van der Waals surface area contributed by atoms with Gasteiger partial charge in [0, 0.05) is 44.4 Å². The van der Waals surface area contributed by atoms with Crippen molar-refractivity contribution in [2.75, 3.05) is 32.2 Å². The second kappa shape index (κ2) is 9.11. The summed E-state index contributed by atoms with van der Waals surface area (Å²) in [5.41, 5.74) is 3.49. The van der Waals surface area contributed by atoms with Gasteiger partial charge in [0.15, 0.2) is 11.5 Å². The molecule has 2 aromatic rings. The van der Waals surface area contributed by atoms with Crippen molar-refractivity contribution in [1.82, 2.24) is 4.90 Å². The number of nitrogens with zero attached hydrogens (tertiary/aromatic N) is 2. The molecule has 5 heteroatoms. The van der Waals surface area contributed by atoms with Crippen molar-refractivity contribution in [2.24, 2.45) is 0 Å². The topological polar surface area (TPSA) is 42.0 Å². The summed E-state index contributed by atoms with van der Waals surface area (Å²) in [5.74, 6) is 1.37. The van der Waals surface area contributed by atoms with Crippen LogP contribution in [0.3, 0.4) is 0 Å². The van der Waals surface area contributed by atoms with E-state index in [0.29, 0.717) is 11.5 Å². The third kappa shape index (κ3) is 4.65. The van der Waals surface area contributed by atoms with Crippen molar-refractivity contribution >= 4 is 11.6 Å². The molecule has 5 nitrogen and oxygen atoms in total. The molecule has 1 aliphatic heterocycles. The van der Waals surface area contributed by atoms with Crippen molar-refractivity contribution < 1.29 is 14.3 Å². The molecular weight excluding hydrogens is 352 g/mol. The minimum Gasteiger partial charge on any atom is -0.493 e. The number of rotatable bonds is 6. The molecule has 3 rings (SSSR count). The zero-order chi connectivity index (χ0) is 20.1. The Morgan fingerprint density at radius 1 is 1.04 bits per heavy atom. The van der Waals surface area contributed by atoms with Crippen LogP contribution in [0.1, 0.15) is 30.9 Å². The minimum atomic E-state index is 0.0594. The summed E-state index contributed by atoms with van der Waals surface area (Å²) in [6.07, 6.45) is 1.92. The van der Waals surface area contributed by atoms with Gasteiger partial charge >= 0.3 is 0 Å². The number of carbonyl (C=O) groups is 1. The Balaban J connectivity index is 1.68. The average Bonchev–Trinajstić information content (AvgIpc) is 2.70. The predicted octanol–water partition coefficient (Wildman–Crippen LogP) is 4.03. The number of methoxy groups -OCH3 is 2. The van der Waals surface area contributed by atoms with Gasteiger partial charge in [-0.2, -0.15) is 0 Å². The number of hydrogen-bond donors (Lipinski definition) is 0. The van der Waals surface area contributed by atoms with Crippen molar-refractivity contribution in [3.8, 4) is 11.5 Å². The Bertz CT molecular complexity index is 796. The molecule has 1 fully saturated rings. The van der Waals surface area contributed by atoms with Crippen LogP contribution in [-0.4, -0.2) is 44.2 Å². The Kier molecular flexibility index (Phi) is 6.57. The second-order valence-electron chi connectivity index (χ2n) is 7.42. The molecule has 2 aromatic carbocycles. The normalized spacial score (nSPS) is 15.3. The Hall–Kier alpha value is -2.53. The van der Waals surface area contributed by atoms with Crippen LogP contribution < -0.4 is 14.4 Å². The summed E-state index contributed by atoms with van der Waals surface area (Å²) in [4.78, 5) is 16.8. The van der Waals surface area contributed by atoms with Gasteiger partial charge in [0.05, 0.1) is 14.2 Å². The molecule has 1 aliphatic rings. The fourth-order valence-corrected chi connectivity index (χ4v) is 3.91. The summed E-state index contributed by atoms with van der Waals surface area (Å²) in [6.45, 7) is 6.67. The molecule has 0 bridgehead atoms. The van der Waals surface area contributed by atoms with Crippen molar-refractivity contribution in [3.63, 3.8) is 0 Å². The van der Waals surface area contributed by atoms with E-state index in [1.807, 2.05) is 23.1 Å². The first kappa shape index (κ1) is 20.2. The molecule has 0 spiro atoms. The van der Waals surface area contributed by atoms with E-state index in [1.165, 1.54) is 11.1 Å². The Morgan fingerprint density at radius 2 is 1.68 bits per heavy atom. The zero-order valence-corrected chi connectivity index (χ0v) is 17.3. The van der Waals surface area contributed by atoms with E-state index in [2.05, 4.69) is 36.1 Å². The Morgan fingerprint density at radius 3 is 2.25 bits per heavy atom. The van der Waals surface area contributed by atoms with Crippen LogP contribution in [0.2, 0.25) is 0 Å². The number of carbonyl (C=O) groups excluding carboxylic acids is 1. The van der Waals surface area contributed by atoms with Crippen LogP contribution in [0.4, 0.5) is 5.69 Å². The maximum absolute atomic E-state index is 12.4. The lowest BCUT2D eigenvalue weighted by Gasteiger charge is -2.38. The van der Waals surface area contributed by atoms with Crippen molar-refractivity contribution in [1.29, 1.82) is 0 Å². The van der Waals surface area contributed by atoms with E-state index in [-0.39, 0.29) is 11.9 Å². The SMILES string of the molecule is COc1ccc(N(C(C)=O)C2CCN(Cc3ccc(C)cc3)CC2)cc1OC. The zero-order valence-electron chi connectivity index (χ0n) is 17.3. The molecule has 0 radical (unpaired) electrons. The molecular formula is C23H30N2O3. The van der Waals surface area contributed by atoms with Gasteiger partial charge in [-0.1, -0.05) is 29.8 Å². The third-order valence-electron chi connectivity index (χ3n) is 5.43. The van der Waals surface area contributed by atoms with Gasteiger partial charge in [0.2, 0.25) is 5.91 Å². The van der Waals surface area contributed by atoms with E-state index >= 15 is 0 Å². The smallest absolute Gasteiger partial charge is 0.224 e. The quantitative estimate of drug-likeness (QED) is 0.756. The van der Waals surface area contributed by atoms with Gasteiger partial charge in [-0.15, -0.1) is 0 Å². The van der Waals surface area contributed by atoms with Gasteiger partial charge in [-0.25, -0.2) is 0 Å². The number of benzene rings is 2. The van der Waals surface area contributed by atoms with E-state index in [0.717, 1.165) is 38.2 Å². The Labute approximate surface area is 167 Å². The van der Waals surface area contributed by atoms with E-state index < -0.39 is 0 Å². The molecule has 0 N–H and O–H groups in total. The summed E-state index contributed by atoms with van der Waals surface area (Å²) in [6, 6.07) is 14.6. The summed E-state index contributed by atoms with van der Waals surface area (Å²) in [5, 5.41) is 0. The van der Waals surface area contributed by atoms with Crippen molar-refractivity contribution in [2.45, 2.75) is 39.3 Å². The van der Waals surface area contributed by atoms with Crippen LogP contribution >= 0.6 is 0 Å². The van der Waals surface area contributed by atoms with Gasteiger partial charge in [-0.05, 0) is 37.5 Å². The molecule has 1 heterocycles. The fourth-order valence-electron chi connectivity index (χ4n) is 3.91. The van der Waals surface area contributed by atoms with Crippen LogP contribution in [-0.2, 0) is 11.3 Å². The molecule has 0 atom stereocenters. The van der Waals surface area contributed by atoms with Crippen LogP contribution in [0.25, 0.3) is 0 Å². The molecule has 0 saturated carbocycles. The summed E-state index contributed by atoms with van der Waals surface area (Å²) in [7, 11) is 3.23. The molecule has 0 aliphatic carbocycles. The number of anilines is 1. The standard InChI is InChI=1S/C23H30N2O3/c1-17-5-7-19(8-6-17)16-24-13-11-20(12-14-24)25(18(2)26)21-9-10-22(27-3)23(15-21)28-4/h5-10,15,20H,11-14,16H2,1-4H3. The van der Waals surface area contributed by atoms with Gasteiger partial charge in [0.1, 0.15) is 0 Å². The summed E-state index contributed by atoms with van der Waals surface area (Å²) < 4.78 is 10.7. The number of likely N-dealkylation sites (tertiary alicyclic amines) is 1. The van der Waals surface area contributed by atoms with Crippen molar-refractivity contribution in [3.05, 3.63) is 53.6 Å². The second-order valence-corrected chi connectivity index (χ2v) is 7.42. The number of hydrogen-bond acceptors (Lipinski definition) is 4. The lowest BCUT2D eigenvalue weighted by molar-refractivity contribution is -0.117. The highest BCUT2D eigenvalue weighted by Gasteiger charge is 2.28. The van der Waals surface area contributed by atoms with E-state index in [4.69, 9.17) is 9.47 Å². The number of ether oxygens (including phenoxy) is 2. The number of amides is 1. The predicted molar refractivity (Wildman–Crippen MR) is 112 cm³/mol. The maximum atomic E-state index is 12.4. The fraction of sp³-hybridized carbons (Fsp3) is 0.435. The van der Waals surface area contributed by atoms with Crippen LogP contribution in [0, 0.1) is 6.92 Å². The van der Waals surface area contributed by atoms with Gasteiger partial charge in [0.25, 0.3) is 0 Å². The highest BCUT2D eigenvalue weighted by atomic mass is 16.5. The van der Waals surface area contributed by atoms with E-state index in [1.54, 1.807) is 21.1 Å². The lowest BCUT2D eigenvalue weighted by atomic mass is 10.0. The highest BCUT2D eigenvalue weighted by molar-refractivity contribution is 5.92. The van der Waals surface area contributed by atoms with Crippen LogP contribution in [0.5, 0.6) is 11.5 Å². The van der Waals surface area contributed by atoms with Crippen LogP contribution in [0.15, 0.2) is 42.5 Å². The monoisotopic (exact) mass is 382 g/mol. The molecule has 0 unspecified atom stereocenters. The highest BCUT2D eigenvalue weighted by Crippen LogP contribution is 2.33. The number of piperidine rings is 1. The molecule has 1 saturated heterocycles. The maximum Gasteiger partial charge on any atom is 0.224 e. The first-order valence-electron chi connectivity index (χ1n) is 9.81. The first-order chi connectivity index (χ1) is 13.5. The lowest BCUT2D eigenvalue weighted by Crippen LogP contribution is -2.46. The molecule has 0 aromatic heterocycles. The summed E-state index contributed by atoms with van der Waals surface area (Å²) >= 11 is 0. The minimum absolute atomic E-state index is 0.0594. The van der Waals surface area contributed by atoms with Gasteiger partial charge < -0.3 is 14.4 Å².